The molecule has 0 bridgehead atoms. The van der Waals surface area contributed by atoms with Gasteiger partial charge >= 0.3 is 0 Å². The largest absolute Gasteiger partial charge is 0.383 e. The van der Waals surface area contributed by atoms with Crippen LogP contribution in [0.3, 0.4) is 0 Å². The molecule has 0 saturated carbocycles. The standard InChI is InChI=1S/C16H28N2OS/c1-13(7-6-8-17-9-10-19-5)11-15-18-14(12-20-15)16(2,3)4/h7,12,17H,6,8-11H2,1-5H3. The molecule has 0 aliphatic heterocycles. The third-order valence-electron chi connectivity index (χ3n) is 3.05. The molecule has 0 atom stereocenters. The molecule has 1 aromatic heterocycles. The van der Waals surface area contributed by atoms with Gasteiger partial charge in [-0.05, 0) is 19.9 Å². The number of nitrogens with zero attached hydrogens (tertiary/aromatic N) is 1. The van der Waals surface area contributed by atoms with E-state index in [1.54, 1.807) is 18.4 Å². The zero-order valence-corrected chi connectivity index (χ0v) is 14.3. The van der Waals surface area contributed by atoms with E-state index >= 15 is 0 Å². The first kappa shape index (κ1) is 17.3. The van der Waals surface area contributed by atoms with Crippen LogP contribution in [0.4, 0.5) is 0 Å². The number of hydrogen-bond acceptors (Lipinski definition) is 4. The lowest BCUT2D eigenvalue weighted by molar-refractivity contribution is 0.199. The van der Waals surface area contributed by atoms with Crippen LogP contribution in [0.5, 0.6) is 0 Å². The van der Waals surface area contributed by atoms with E-state index < -0.39 is 0 Å². The second-order valence-electron chi connectivity index (χ2n) is 6.14. The number of methoxy groups -OCH3 is 1. The number of ether oxygens (including phenoxy) is 1. The Labute approximate surface area is 127 Å². The smallest absolute Gasteiger partial charge is 0.0968 e. The molecule has 1 heterocycles. The summed E-state index contributed by atoms with van der Waals surface area (Å²) in [7, 11) is 1.73. The first-order valence-electron chi connectivity index (χ1n) is 7.23. The van der Waals surface area contributed by atoms with Crippen molar-refractivity contribution in [3.05, 3.63) is 27.7 Å². The Morgan fingerprint density at radius 2 is 2.15 bits per heavy atom. The van der Waals surface area contributed by atoms with Crippen LogP contribution in [-0.4, -0.2) is 31.8 Å². The van der Waals surface area contributed by atoms with Gasteiger partial charge in [0.05, 0.1) is 17.3 Å². The third-order valence-corrected chi connectivity index (χ3v) is 3.90. The zero-order chi connectivity index (χ0) is 15.0. The summed E-state index contributed by atoms with van der Waals surface area (Å²) in [5.41, 5.74) is 2.75. The average molecular weight is 296 g/mol. The summed E-state index contributed by atoms with van der Waals surface area (Å²) in [5.74, 6) is 0. The van der Waals surface area contributed by atoms with Crippen LogP contribution in [0.2, 0.25) is 0 Å². The van der Waals surface area contributed by atoms with Gasteiger partial charge in [-0.25, -0.2) is 4.98 Å². The van der Waals surface area contributed by atoms with Crippen LogP contribution in [0, 0.1) is 0 Å². The maximum atomic E-state index is 4.99. The molecule has 4 heteroatoms. The molecule has 0 radical (unpaired) electrons. The van der Waals surface area contributed by atoms with Crippen molar-refractivity contribution in [1.29, 1.82) is 0 Å². The normalized spacial score (nSPS) is 12.9. The van der Waals surface area contributed by atoms with E-state index in [-0.39, 0.29) is 5.41 Å². The van der Waals surface area contributed by atoms with E-state index in [2.05, 4.69) is 44.5 Å². The highest BCUT2D eigenvalue weighted by molar-refractivity contribution is 7.09. The fraction of sp³-hybridized carbons (Fsp3) is 0.688. The van der Waals surface area contributed by atoms with Gasteiger partial charge in [0.15, 0.2) is 0 Å². The van der Waals surface area contributed by atoms with Crippen molar-refractivity contribution in [1.82, 2.24) is 10.3 Å². The molecule has 1 aromatic rings. The van der Waals surface area contributed by atoms with Gasteiger partial charge in [0.1, 0.15) is 0 Å². The van der Waals surface area contributed by atoms with Crippen LogP contribution in [0.25, 0.3) is 0 Å². The highest BCUT2D eigenvalue weighted by Gasteiger charge is 2.17. The fourth-order valence-electron chi connectivity index (χ4n) is 1.77. The van der Waals surface area contributed by atoms with Gasteiger partial charge in [-0.15, -0.1) is 11.3 Å². The minimum Gasteiger partial charge on any atom is -0.383 e. The predicted molar refractivity (Wildman–Crippen MR) is 87.6 cm³/mol. The zero-order valence-electron chi connectivity index (χ0n) is 13.5. The summed E-state index contributed by atoms with van der Waals surface area (Å²) in [6, 6.07) is 0. The Bertz CT molecular complexity index is 418. The lowest BCUT2D eigenvalue weighted by Gasteiger charge is -2.14. The maximum Gasteiger partial charge on any atom is 0.0968 e. The molecule has 3 nitrogen and oxygen atoms in total. The molecule has 114 valence electrons. The summed E-state index contributed by atoms with van der Waals surface area (Å²) in [6.07, 6.45) is 4.34. The van der Waals surface area contributed by atoms with Crippen molar-refractivity contribution < 1.29 is 4.74 Å². The van der Waals surface area contributed by atoms with Crippen molar-refractivity contribution >= 4 is 11.3 Å². The monoisotopic (exact) mass is 296 g/mol. The second-order valence-corrected chi connectivity index (χ2v) is 7.08. The van der Waals surface area contributed by atoms with Crippen LogP contribution >= 0.6 is 11.3 Å². The van der Waals surface area contributed by atoms with E-state index in [9.17, 15) is 0 Å². The van der Waals surface area contributed by atoms with Gasteiger partial charge in [0.25, 0.3) is 0 Å². The van der Waals surface area contributed by atoms with Gasteiger partial charge < -0.3 is 10.1 Å². The van der Waals surface area contributed by atoms with E-state index in [1.165, 1.54) is 16.3 Å². The number of thiazole rings is 1. The van der Waals surface area contributed by atoms with E-state index in [0.29, 0.717) is 0 Å². The van der Waals surface area contributed by atoms with E-state index in [4.69, 9.17) is 9.72 Å². The first-order chi connectivity index (χ1) is 9.43. The second kappa shape index (κ2) is 8.55. The summed E-state index contributed by atoms with van der Waals surface area (Å²) >= 11 is 1.77. The molecule has 1 rings (SSSR count). The maximum absolute atomic E-state index is 4.99. The Morgan fingerprint density at radius 1 is 1.40 bits per heavy atom. The number of rotatable bonds is 8. The summed E-state index contributed by atoms with van der Waals surface area (Å²) in [4.78, 5) is 4.74. The molecule has 0 amide bonds. The molecule has 0 aromatic carbocycles. The highest BCUT2D eigenvalue weighted by atomic mass is 32.1. The molecule has 0 spiro atoms. The molecule has 20 heavy (non-hydrogen) atoms. The molecule has 0 unspecified atom stereocenters. The Kier molecular flexibility index (Phi) is 7.41. The lowest BCUT2D eigenvalue weighted by atomic mass is 9.93. The Balaban J connectivity index is 2.34. The SMILES string of the molecule is COCCNCCC=C(C)Cc1nc(C(C)(C)C)cs1. The molecular formula is C16H28N2OS. The molecule has 0 aliphatic carbocycles. The van der Waals surface area contributed by atoms with E-state index in [1.807, 2.05) is 0 Å². The average Bonchev–Trinajstić information content (AvgIpc) is 2.82. The van der Waals surface area contributed by atoms with Crippen LogP contribution in [0.1, 0.15) is 44.8 Å². The molecule has 0 fully saturated rings. The van der Waals surface area contributed by atoms with E-state index in [0.717, 1.165) is 32.5 Å². The van der Waals surface area contributed by atoms with Crippen LogP contribution in [0.15, 0.2) is 17.0 Å². The quantitative estimate of drug-likeness (QED) is 0.588. The minimum atomic E-state index is 0.150. The number of nitrogens with one attached hydrogen (secondary N) is 1. The lowest BCUT2D eigenvalue weighted by Crippen LogP contribution is -2.19. The Hall–Kier alpha value is -0.710. The van der Waals surface area contributed by atoms with Gasteiger partial charge in [0, 0.05) is 30.9 Å². The number of allylic oxidation sites excluding steroid dienone is 1. The summed E-state index contributed by atoms with van der Waals surface area (Å²) < 4.78 is 4.99. The van der Waals surface area contributed by atoms with Gasteiger partial charge in [-0.1, -0.05) is 32.4 Å². The number of aromatic nitrogens is 1. The third kappa shape index (κ3) is 6.64. The van der Waals surface area contributed by atoms with Crippen molar-refractivity contribution in [2.24, 2.45) is 0 Å². The van der Waals surface area contributed by atoms with Crippen molar-refractivity contribution in [2.45, 2.75) is 46.0 Å². The van der Waals surface area contributed by atoms with Crippen molar-refractivity contribution in [2.75, 3.05) is 26.8 Å². The van der Waals surface area contributed by atoms with Crippen molar-refractivity contribution in [3.8, 4) is 0 Å². The summed E-state index contributed by atoms with van der Waals surface area (Å²) in [6.45, 7) is 11.5. The molecule has 0 aliphatic rings. The van der Waals surface area contributed by atoms with Gasteiger partial charge in [-0.2, -0.15) is 0 Å². The molecule has 0 saturated heterocycles. The number of hydrogen-bond donors (Lipinski definition) is 1. The van der Waals surface area contributed by atoms with Gasteiger partial charge in [0.2, 0.25) is 0 Å². The minimum absolute atomic E-state index is 0.150. The van der Waals surface area contributed by atoms with Crippen molar-refractivity contribution in [3.63, 3.8) is 0 Å². The molecular weight excluding hydrogens is 268 g/mol. The first-order valence-corrected chi connectivity index (χ1v) is 8.11. The topological polar surface area (TPSA) is 34.1 Å². The fourth-order valence-corrected chi connectivity index (χ4v) is 2.88. The van der Waals surface area contributed by atoms with Crippen LogP contribution in [-0.2, 0) is 16.6 Å². The molecule has 1 N–H and O–H groups in total. The van der Waals surface area contributed by atoms with Gasteiger partial charge in [-0.3, -0.25) is 0 Å². The highest BCUT2D eigenvalue weighted by Crippen LogP contribution is 2.24. The predicted octanol–water partition coefficient (Wildman–Crippen LogP) is 3.56. The Morgan fingerprint density at radius 3 is 2.75 bits per heavy atom. The summed E-state index contributed by atoms with van der Waals surface area (Å²) in [5, 5.41) is 6.75. The van der Waals surface area contributed by atoms with Crippen LogP contribution < -0.4 is 5.32 Å².